The lowest BCUT2D eigenvalue weighted by atomic mass is 10.1. The zero-order valence-corrected chi connectivity index (χ0v) is 17.2. The molecular weight excluding hydrogens is 358 g/mol. The van der Waals surface area contributed by atoms with E-state index >= 15 is 0 Å². The number of nitrogens with one attached hydrogen (secondary N) is 2. The summed E-state index contributed by atoms with van der Waals surface area (Å²) in [6, 6.07) is 7.94. The molecule has 0 spiro atoms. The fraction of sp³-hybridized carbons (Fsp3) is 0.474. The number of hydrogen-bond donors (Lipinski definition) is 2. The lowest BCUT2D eigenvalue weighted by molar-refractivity contribution is -0.127. The lowest BCUT2D eigenvalue weighted by Gasteiger charge is -2.15. The van der Waals surface area contributed by atoms with Crippen LogP contribution in [-0.2, 0) is 24.8 Å². The number of guanidine groups is 1. The first-order valence-corrected chi connectivity index (χ1v) is 9.11. The van der Waals surface area contributed by atoms with Gasteiger partial charge in [0.15, 0.2) is 11.8 Å². The van der Waals surface area contributed by atoms with Crippen LogP contribution < -0.4 is 15.4 Å². The molecule has 28 heavy (non-hydrogen) atoms. The molecule has 0 saturated heterocycles. The second kappa shape index (κ2) is 10.3. The average Bonchev–Trinajstić information content (AvgIpc) is 3.01. The molecule has 0 aliphatic heterocycles. The Balaban J connectivity index is 1.96. The van der Waals surface area contributed by atoms with Crippen LogP contribution in [0.2, 0.25) is 0 Å². The van der Waals surface area contributed by atoms with Crippen molar-refractivity contribution in [3.05, 3.63) is 41.5 Å². The summed E-state index contributed by atoms with van der Waals surface area (Å²) >= 11 is 0. The molecule has 2 rings (SSSR count). The van der Waals surface area contributed by atoms with Gasteiger partial charge in [-0.3, -0.25) is 4.79 Å². The molecule has 152 valence electrons. The van der Waals surface area contributed by atoms with Gasteiger partial charge >= 0.3 is 0 Å². The first-order chi connectivity index (χ1) is 13.4. The molecule has 9 heteroatoms. The van der Waals surface area contributed by atoms with Gasteiger partial charge in [0.2, 0.25) is 5.91 Å². The highest BCUT2D eigenvalue weighted by atomic mass is 16.5. The summed E-state index contributed by atoms with van der Waals surface area (Å²) in [5, 5.41) is 14.5. The first kappa shape index (κ1) is 21.2. The van der Waals surface area contributed by atoms with E-state index in [0.29, 0.717) is 19.0 Å². The number of amides is 1. The number of rotatable bonds is 8. The minimum atomic E-state index is -0.0286. The molecule has 1 aromatic heterocycles. The highest BCUT2D eigenvalue weighted by Crippen LogP contribution is 2.11. The monoisotopic (exact) mass is 387 g/mol. The molecule has 0 radical (unpaired) electrons. The van der Waals surface area contributed by atoms with Crippen molar-refractivity contribution in [3.8, 4) is 5.75 Å². The van der Waals surface area contributed by atoms with Gasteiger partial charge in [-0.15, -0.1) is 10.2 Å². The number of hydrogen-bond acceptors (Lipinski definition) is 5. The zero-order valence-electron chi connectivity index (χ0n) is 17.2. The summed E-state index contributed by atoms with van der Waals surface area (Å²) in [5.41, 5.74) is 1.18. The molecule has 0 fully saturated rings. The molecule has 0 unspecified atom stereocenters. The van der Waals surface area contributed by atoms with E-state index in [2.05, 4.69) is 25.8 Å². The van der Waals surface area contributed by atoms with E-state index in [4.69, 9.17) is 4.74 Å². The van der Waals surface area contributed by atoms with Crippen LogP contribution in [-0.4, -0.2) is 65.8 Å². The fourth-order valence-electron chi connectivity index (χ4n) is 2.35. The van der Waals surface area contributed by atoms with E-state index < -0.39 is 0 Å². The van der Waals surface area contributed by atoms with Gasteiger partial charge in [0.05, 0.1) is 13.7 Å². The Labute approximate surface area is 165 Å². The van der Waals surface area contributed by atoms with Gasteiger partial charge in [0.25, 0.3) is 0 Å². The molecule has 0 saturated carbocycles. The van der Waals surface area contributed by atoms with Gasteiger partial charge in [-0.05, 0) is 31.0 Å². The first-order valence-electron chi connectivity index (χ1n) is 9.11. The maximum absolute atomic E-state index is 11.9. The van der Waals surface area contributed by atoms with Crippen molar-refractivity contribution in [2.24, 2.45) is 12.0 Å². The minimum absolute atomic E-state index is 0.0286. The Hall–Kier alpha value is -3.10. The van der Waals surface area contributed by atoms with E-state index in [-0.39, 0.29) is 12.5 Å². The van der Waals surface area contributed by atoms with E-state index in [1.807, 2.05) is 42.8 Å². The van der Waals surface area contributed by atoms with Crippen LogP contribution in [0.3, 0.4) is 0 Å². The van der Waals surface area contributed by atoms with Crippen molar-refractivity contribution < 1.29 is 9.53 Å². The van der Waals surface area contributed by atoms with Crippen LogP contribution in [0.5, 0.6) is 5.75 Å². The Bertz CT molecular complexity index is 797. The Morgan fingerprint density at radius 3 is 2.50 bits per heavy atom. The SMILES string of the molecule is COc1ccc(CCNC(=NCc2nnc(C)n2C)NCC(=O)N(C)C)cc1. The summed E-state index contributed by atoms with van der Waals surface area (Å²) in [6.07, 6.45) is 0.815. The number of aryl methyl sites for hydroxylation is 1. The van der Waals surface area contributed by atoms with Crippen LogP contribution in [0, 0.1) is 6.92 Å². The summed E-state index contributed by atoms with van der Waals surface area (Å²) < 4.78 is 7.07. The van der Waals surface area contributed by atoms with Gasteiger partial charge in [-0.1, -0.05) is 12.1 Å². The van der Waals surface area contributed by atoms with Crippen molar-refractivity contribution >= 4 is 11.9 Å². The summed E-state index contributed by atoms with van der Waals surface area (Å²) in [5.74, 6) is 2.95. The smallest absolute Gasteiger partial charge is 0.241 e. The largest absolute Gasteiger partial charge is 0.497 e. The van der Waals surface area contributed by atoms with Crippen LogP contribution in [0.25, 0.3) is 0 Å². The Kier molecular flexibility index (Phi) is 7.79. The van der Waals surface area contributed by atoms with E-state index in [0.717, 1.165) is 23.8 Å². The highest BCUT2D eigenvalue weighted by Gasteiger charge is 2.08. The number of nitrogens with zero attached hydrogens (tertiary/aromatic N) is 5. The van der Waals surface area contributed by atoms with Crippen molar-refractivity contribution in [1.82, 2.24) is 30.3 Å². The van der Waals surface area contributed by atoms with E-state index in [1.165, 1.54) is 10.5 Å². The predicted molar refractivity (Wildman–Crippen MR) is 108 cm³/mol. The number of likely N-dealkylation sites (N-methyl/N-ethyl adjacent to an activating group) is 1. The molecule has 0 atom stereocenters. The van der Waals surface area contributed by atoms with Crippen molar-refractivity contribution in [2.75, 3.05) is 34.3 Å². The lowest BCUT2D eigenvalue weighted by Crippen LogP contribution is -2.43. The van der Waals surface area contributed by atoms with Crippen molar-refractivity contribution in [1.29, 1.82) is 0 Å². The van der Waals surface area contributed by atoms with Crippen LogP contribution in [0.4, 0.5) is 0 Å². The molecule has 9 nitrogen and oxygen atoms in total. The number of ether oxygens (including phenoxy) is 1. The van der Waals surface area contributed by atoms with Crippen LogP contribution in [0.15, 0.2) is 29.3 Å². The minimum Gasteiger partial charge on any atom is -0.497 e. The van der Waals surface area contributed by atoms with Crippen molar-refractivity contribution in [3.63, 3.8) is 0 Å². The number of methoxy groups -OCH3 is 1. The van der Waals surface area contributed by atoms with Gasteiger partial charge in [-0.2, -0.15) is 0 Å². The topological polar surface area (TPSA) is 96.7 Å². The predicted octanol–water partition coefficient (Wildman–Crippen LogP) is 0.498. The fourth-order valence-corrected chi connectivity index (χ4v) is 2.35. The van der Waals surface area contributed by atoms with Gasteiger partial charge in [0.1, 0.15) is 18.1 Å². The molecule has 0 aliphatic carbocycles. The standard InChI is InChI=1S/C19H29N7O2/c1-14-23-24-17(26(14)4)12-21-19(22-13-18(27)25(2)3)20-11-10-15-6-8-16(28-5)9-7-15/h6-9H,10-13H2,1-5H3,(H2,20,21,22). The summed E-state index contributed by atoms with van der Waals surface area (Å²) in [4.78, 5) is 18.0. The third kappa shape index (κ3) is 6.26. The number of aliphatic imine (C=N–C) groups is 1. The van der Waals surface area contributed by atoms with Crippen molar-refractivity contribution in [2.45, 2.75) is 19.9 Å². The van der Waals surface area contributed by atoms with E-state index in [9.17, 15) is 4.79 Å². The molecule has 0 aliphatic rings. The van der Waals surface area contributed by atoms with Gasteiger partial charge < -0.3 is 24.8 Å². The number of aromatic nitrogens is 3. The number of benzene rings is 1. The maximum atomic E-state index is 11.9. The molecular formula is C19H29N7O2. The number of carbonyl (C=O) groups excluding carboxylic acids is 1. The Morgan fingerprint density at radius 2 is 1.93 bits per heavy atom. The second-order valence-electron chi connectivity index (χ2n) is 6.55. The molecule has 2 N–H and O–H groups in total. The molecule has 2 aromatic rings. The number of carbonyl (C=O) groups is 1. The molecule has 0 bridgehead atoms. The summed E-state index contributed by atoms with van der Waals surface area (Å²) in [6.45, 7) is 3.10. The Morgan fingerprint density at radius 1 is 1.21 bits per heavy atom. The van der Waals surface area contributed by atoms with Crippen LogP contribution in [0.1, 0.15) is 17.2 Å². The third-order valence-electron chi connectivity index (χ3n) is 4.33. The van der Waals surface area contributed by atoms with Crippen LogP contribution >= 0.6 is 0 Å². The van der Waals surface area contributed by atoms with E-state index in [1.54, 1.807) is 21.2 Å². The second-order valence-corrected chi connectivity index (χ2v) is 6.55. The zero-order chi connectivity index (χ0) is 20.5. The summed E-state index contributed by atoms with van der Waals surface area (Å²) in [7, 11) is 7.00. The van der Waals surface area contributed by atoms with Gasteiger partial charge in [0, 0.05) is 27.7 Å². The molecule has 1 heterocycles. The quantitative estimate of drug-likeness (QED) is 0.506. The maximum Gasteiger partial charge on any atom is 0.241 e. The third-order valence-corrected chi connectivity index (χ3v) is 4.33. The average molecular weight is 387 g/mol. The highest BCUT2D eigenvalue weighted by molar-refractivity contribution is 5.86. The molecule has 1 amide bonds. The normalized spacial score (nSPS) is 11.2. The molecule has 1 aromatic carbocycles. The van der Waals surface area contributed by atoms with Gasteiger partial charge in [-0.25, -0.2) is 4.99 Å².